The molecule has 2 atom stereocenters. The van der Waals surface area contributed by atoms with Gasteiger partial charge in [-0.05, 0) is 31.9 Å². The van der Waals surface area contributed by atoms with E-state index in [-0.39, 0.29) is 0 Å². The van der Waals surface area contributed by atoms with Gasteiger partial charge in [0.1, 0.15) is 0 Å². The van der Waals surface area contributed by atoms with Gasteiger partial charge in [0.05, 0.1) is 0 Å². The molecule has 2 heteroatoms. The number of likely N-dealkylation sites (tertiary alicyclic amines) is 1. The highest BCUT2D eigenvalue weighted by atomic mass is 15.2. The standard InChI is InChI=1S/C11H16N2/c1-13-7-9-6-11(9,8-13)10-4-2-3-5-12-10/h2,4,9H,3,5-8H2,1H3. The van der Waals surface area contributed by atoms with Crippen LogP contribution in [0.3, 0.4) is 0 Å². The van der Waals surface area contributed by atoms with E-state index in [4.69, 9.17) is 0 Å². The molecule has 0 aromatic rings. The molecular weight excluding hydrogens is 160 g/mol. The van der Waals surface area contributed by atoms with Crippen molar-refractivity contribution in [1.82, 2.24) is 4.90 Å². The molecule has 0 bridgehead atoms. The zero-order chi connectivity index (χ0) is 8.89. The lowest BCUT2D eigenvalue weighted by Crippen LogP contribution is -2.25. The van der Waals surface area contributed by atoms with Crippen molar-refractivity contribution >= 4 is 5.71 Å². The second-order valence-corrected chi connectivity index (χ2v) is 4.71. The highest BCUT2D eigenvalue weighted by Crippen LogP contribution is 2.58. The van der Waals surface area contributed by atoms with Gasteiger partial charge in [0.2, 0.25) is 0 Å². The maximum atomic E-state index is 4.66. The van der Waals surface area contributed by atoms with Crippen LogP contribution in [0.5, 0.6) is 0 Å². The first-order valence-electron chi connectivity index (χ1n) is 5.21. The monoisotopic (exact) mass is 176 g/mol. The van der Waals surface area contributed by atoms with Crippen LogP contribution in [0, 0.1) is 11.3 Å². The van der Waals surface area contributed by atoms with Crippen molar-refractivity contribution in [3.8, 4) is 0 Å². The third-order valence-corrected chi connectivity index (χ3v) is 3.68. The fourth-order valence-corrected chi connectivity index (χ4v) is 2.96. The summed E-state index contributed by atoms with van der Waals surface area (Å²) < 4.78 is 0. The van der Waals surface area contributed by atoms with Crippen molar-refractivity contribution in [1.29, 1.82) is 0 Å². The van der Waals surface area contributed by atoms with Gasteiger partial charge in [-0.15, -0.1) is 0 Å². The number of hydrogen-bond acceptors (Lipinski definition) is 2. The van der Waals surface area contributed by atoms with E-state index >= 15 is 0 Å². The quantitative estimate of drug-likeness (QED) is 0.588. The predicted molar refractivity (Wildman–Crippen MR) is 54.1 cm³/mol. The van der Waals surface area contributed by atoms with Crippen LogP contribution < -0.4 is 0 Å². The van der Waals surface area contributed by atoms with E-state index in [1.807, 2.05) is 0 Å². The summed E-state index contributed by atoms with van der Waals surface area (Å²) in [7, 11) is 2.22. The Labute approximate surface area is 79.3 Å². The summed E-state index contributed by atoms with van der Waals surface area (Å²) in [4.78, 5) is 7.11. The molecule has 1 saturated carbocycles. The topological polar surface area (TPSA) is 15.6 Å². The smallest absolute Gasteiger partial charge is 0.0427 e. The van der Waals surface area contributed by atoms with Crippen molar-refractivity contribution in [2.45, 2.75) is 12.8 Å². The number of nitrogens with zero attached hydrogens (tertiary/aromatic N) is 2. The SMILES string of the molecule is CN1CC2CC2(C2=NCCC=C2)C1. The third kappa shape index (κ3) is 1.01. The Hall–Kier alpha value is -0.630. The summed E-state index contributed by atoms with van der Waals surface area (Å²) in [5.41, 5.74) is 1.89. The van der Waals surface area contributed by atoms with Crippen molar-refractivity contribution in [2.75, 3.05) is 26.7 Å². The maximum Gasteiger partial charge on any atom is 0.0427 e. The van der Waals surface area contributed by atoms with E-state index in [0.29, 0.717) is 5.41 Å². The first-order valence-corrected chi connectivity index (χ1v) is 5.21. The molecule has 0 spiro atoms. The Balaban J connectivity index is 1.86. The second-order valence-electron chi connectivity index (χ2n) is 4.71. The molecule has 2 nitrogen and oxygen atoms in total. The second kappa shape index (κ2) is 2.44. The summed E-state index contributed by atoms with van der Waals surface area (Å²) in [5.74, 6) is 0.916. The average Bonchev–Trinajstić information content (AvgIpc) is 2.72. The molecule has 2 heterocycles. The van der Waals surface area contributed by atoms with Crippen LogP contribution in [0.15, 0.2) is 17.1 Å². The Bertz CT molecular complexity index is 292. The first-order chi connectivity index (χ1) is 6.31. The number of piperidine rings is 1. The first kappa shape index (κ1) is 7.74. The van der Waals surface area contributed by atoms with Gasteiger partial charge >= 0.3 is 0 Å². The van der Waals surface area contributed by atoms with Crippen LogP contribution in [-0.4, -0.2) is 37.3 Å². The Morgan fingerprint density at radius 1 is 1.62 bits per heavy atom. The van der Waals surface area contributed by atoms with E-state index in [1.165, 1.54) is 25.2 Å². The normalized spacial score (nSPS) is 43.2. The molecule has 1 saturated heterocycles. The number of hydrogen-bond donors (Lipinski definition) is 0. The Morgan fingerprint density at radius 3 is 3.15 bits per heavy atom. The average molecular weight is 176 g/mol. The van der Waals surface area contributed by atoms with Gasteiger partial charge in [-0.3, -0.25) is 4.99 Å². The van der Waals surface area contributed by atoms with Crippen LogP contribution in [0.1, 0.15) is 12.8 Å². The number of fused-ring (bicyclic) bond motifs is 1. The van der Waals surface area contributed by atoms with Gasteiger partial charge in [0, 0.05) is 30.8 Å². The molecule has 0 radical (unpaired) electrons. The van der Waals surface area contributed by atoms with Gasteiger partial charge in [-0.2, -0.15) is 0 Å². The molecule has 0 amide bonds. The largest absolute Gasteiger partial charge is 0.305 e. The van der Waals surface area contributed by atoms with Gasteiger partial charge in [-0.1, -0.05) is 6.08 Å². The summed E-state index contributed by atoms with van der Waals surface area (Å²) in [6, 6.07) is 0. The van der Waals surface area contributed by atoms with E-state index in [1.54, 1.807) is 0 Å². The van der Waals surface area contributed by atoms with E-state index in [0.717, 1.165) is 18.9 Å². The van der Waals surface area contributed by atoms with Gasteiger partial charge in [0.15, 0.2) is 0 Å². The summed E-state index contributed by atoms with van der Waals surface area (Å²) in [5, 5.41) is 0. The molecule has 70 valence electrons. The zero-order valence-corrected chi connectivity index (χ0v) is 8.16. The minimum Gasteiger partial charge on any atom is -0.305 e. The number of allylic oxidation sites excluding steroid dienone is 1. The third-order valence-electron chi connectivity index (χ3n) is 3.68. The fraction of sp³-hybridized carbons (Fsp3) is 0.727. The van der Waals surface area contributed by atoms with E-state index in [9.17, 15) is 0 Å². The lowest BCUT2D eigenvalue weighted by molar-refractivity contribution is 0.362. The molecule has 3 rings (SSSR count). The van der Waals surface area contributed by atoms with Crippen molar-refractivity contribution < 1.29 is 0 Å². The molecule has 0 N–H and O–H groups in total. The van der Waals surface area contributed by atoms with Crippen molar-refractivity contribution in [2.24, 2.45) is 16.3 Å². The van der Waals surface area contributed by atoms with Gasteiger partial charge in [0.25, 0.3) is 0 Å². The van der Waals surface area contributed by atoms with E-state index < -0.39 is 0 Å². The molecule has 0 aromatic heterocycles. The van der Waals surface area contributed by atoms with Gasteiger partial charge < -0.3 is 4.90 Å². The minimum absolute atomic E-state index is 0.492. The summed E-state index contributed by atoms with van der Waals surface area (Å²) in [6.07, 6.45) is 7.08. The highest BCUT2D eigenvalue weighted by Gasteiger charge is 2.61. The zero-order valence-electron chi connectivity index (χ0n) is 8.16. The van der Waals surface area contributed by atoms with Crippen molar-refractivity contribution in [3.05, 3.63) is 12.2 Å². The Morgan fingerprint density at radius 2 is 2.54 bits per heavy atom. The number of rotatable bonds is 1. The van der Waals surface area contributed by atoms with Crippen LogP contribution in [-0.2, 0) is 0 Å². The highest BCUT2D eigenvalue weighted by molar-refractivity contribution is 6.03. The lowest BCUT2D eigenvalue weighted by Gasteiger charge is -2.18. The van der Waals surface area contributed by atoms with Crippen LogP contribution >= 0.6 is 0 Å². The molecule has 2 fully saturated rings. The predicted octanol–water partition coefficient (Wildman–Crippen LogP) is 1.34. The van der Waals surface area contributed by atoms with Crippen LogP contribution in [0.4, 0.5) is 0 Å². The number of dihydropyridines is 1. The van der Waals surface area contributed by atoms with Crippen LogP contribution in [0.2, 0.25) is 0 Å². The maximum absolute atomic E-state index is 4.66. The fourth-order valence-electron chi connectivity index (χ4n) is 2.96. The Kier molecular flexibility index (Phi) is 1.46. The molecule has 3 aliphatic rings. The lowest BCUT2D eigenvalue weighted by atomic mass is 9.97. The molecule has 0 aromatic carbocycles. The summed E-state index contributed by atoms with van der Waals surface area (Å²) in [6.45, 7) is 3.54. The van der Waals surface area contributed by atoms with Gasteiger partial charge in [-0.25, -0.2) is 0 Å². The van der Waals surface area contributed by atoms with Crippen LogP contribution in [0.25, 0.3) is 0 Å². The van der Waals surface area contributed by atoms with Crippen molar-refractivity contribution in [3.63, 3.8) is 0 Å². The molecule has 2 unspecified atom stereocenters. The minimum atomic E-state index is 0.492. The molecule has 13 heavy (non-hydrogen) atoms. The molecule has 1 aliphatic carbocycles. The molecule has 2 aliphatic heterocycles. The molecular formula is C11H16N2. The van der Waals surface area contributed by atoms with E-state index in [2.05, 4.69) is 29.1 Å². The number of aliphatic imine (C=N–C) groups is 1. The summed E-state index contributed by atoms with van der Waals surface area (Å²) >= 11 is 0.